The molecule has 2 aromatic rings. The van der Waals surface area contributed by atoms with Gasteiger partial charge in [0.2, 0.25) is 10.0 Å². The monoisotopic (exact) mass is 329 g/mol. The third kappa shape index (κ3) is 4.37. The molecule has 6 nitrogen and oxygen atoms in total. The summed E-state index contributed by atoms with van der Waals surface area (Å²) in [6.45, 7) is 5.74. The highest BCUT2D eigenvalue weighted by molar-refractivity contribution is 7.91. The number of aromatic nitrogens is 1. The Morgan fingerprint density at radius 2 is 2.19 bits per heavy atom. The Balaban J connectivity index is 2.04. The van der Waals surface area contributed by atoms with Crippen molar-refractivity contribution in [3.63, 3.8) is 0 Å². The first-order valence-corrected chi connectivity index (χ1v) is 9.02. The number of aryl methyl sites for hydroxylation is 1. The van der Waals surface area contributed by atoms with E-state index in [1.54, 1.807) is 12.1 Å². The molecule has 21 heavy (non-hydrogen) atoms. The van der Waals surface area contributed by atoms with E-state index < -0.39 is 10.0 Å². The van der Waals surface area contributed by atoms with Gasteiger partial charge in [-0.15, -0.1) is 11.3 Å². The highest BCUT2D eigenvalue weighted by Gasteiger charge is 2.19. The molecule has 2 N–H and O–H groups in total. The molecule has 0 radical (unpaired) electrons. The number of thiophene rings is 1. The summed E-state index contributed by atoms with van der Waals surface area (Å²) < 4.78 is 32.2. The van der Waals surface area contributed by atoms with Crippen LogP contribution in [-0.2, 0) is 23.1 Å². The predicted molar refractivity (Wildman–Crippen MR) is 81.6 cm³/mol. The summed E-state index contributed by atoms with van der Waals surface area (Å²) in [6, 6.07) is 3.33. The van der Waals surface area contributed by atoms with E-state index in [2.05, 4.69) is 22.1 Å². The minimum Gasteiger partial charge on any atom is -0.360 e. The zero-order valence-electron chi connectivity index (χ0n) is 12.0. The van der Waals surface area contributed by atoms with Crippen molar-refractivity contribution >= 4 is 21.4 Å². The molecule has 0 saturated heterocycles. The molecule has 0 bridgehead atoms. The lowest BCUT2D eigenvalue weighted by Gasteiger charge is -2.02. The maximum absolute atomic E-state index is 12.2. The molecule has 0 aromatic carbocycles. The second-order valence-corrected chi connectivity index (χ2v) is 7.78. The van der Waals surface area contributed by atoms with E-state index in [0.717, 1.165) is 23.4 Å². The highest BCUT2D eigenvalue weighted by Crippen LogP contribution is 2.26. The Morgan fingerprint density at radius 3 is 2.86 bits per heavy atom. The summed E-state index contributed by atoms with van der Waals surface area (Å²) in [5.41, 5.74) is 0.989. The standard InChI is InChI=1S/C13H19N3O3S2/c1-3-5-14-9-12-10(2)7-13(20-12)21(17,18)16-8-11-4-6-15-19-11/h4,6-7,14,16H,3,5,8-9H2,1-2H3. The van der Waals surface area contributed by atoms with Crippen LogP contribution < -0.4 is 10.0 Å². The average molecular weight is 329 g/mol. The Bertz CT molecular complexity index is 663. The van der Waals surface area contributed by atoms with Crippen LogP contribution in [0.2, 0.25) is 0 Å². The Morgan fingerprint density at radius 1 is 1.38 bits per heavy atom. The molecule has 0 amide bonds. The minimum absolute atomic E-state index is 0.0999. The van der Waals surface area contributed by atoms with Crippen molar-refractivity contribution in [2.24, 2.45) is 0 Å². The fourth-order valence-electron chi connectivity index (χ4n) is 1.75. The molecule has 2 heterocycles. The highest BCUT2D eigenvalue weighted by atomic mass is 32.2. The summed E-state index contributed by atoms with van der Waals surface area (Å²) in [5, 5.41) is 6.82. The van der Waals surface area contributed by atoms with Crippen LogP contribution in [0.25, 0.3) is 0 Å². The van der Waals surface area contributed by atoms with Crippen LogP contribution in [0, 0.1) is 6.92 Å². The molecule has 116 valence electrons. The van der Waals surface area contributed by atoms with Crippen molar-refractivity contribution in [3.8, 4) is 0 Å². The number of rotatable bonds is 8. The molecule has 2 aromatic heterocycles. The van der Waals surface area contributed by atoms with Crippen LogP contribution in [0.4, 0.5) is 0 Å². The van der Waals surface area contributed by atoms with Gasteiger partial charge in [0.05, 0.1) is 12.7 Å². The van der Waals surface area contributed by atoms with Crippen LogP contribution >= 0.6 is 11.3 Å². The van der Waals surface area contributed by atoms with Crippen molar-refractivity contribution in [2.45, 2.75) is 37.6 Å². The maximum Gasteiger partial charge on any atom is 0.250 e. The lowest BCUT2D eigenvalue weighted by atomic mass is 10.3. The molecular weight excluding hydrogens is 310 g/mol. The molecule has 2 rings (SSSR count). The van der Waals surface area contributed by atoms with Crippen LogP contribution in [-0.4, -0.2) is 20.1 Å². The second-order valence-electron chi connectivity index (χ2n) is 4.65. The van der Waals surface area contributed by atoms with Gasteiger partial charge in [0.15, 0.2) is 5.76 Å². The number of nitrogens with one attached hydrogen (secondary N) is 2. The number of nitrogens with zero attached hydrogens (tertiary/aromatic N) is 1. The van der Waals surface area contributed by atoms with E-state index >= 15 is 0 Å². The predicted octanol–water partition coefficient (Wildman–Crippen LogP) is 2.02. The summed E-state index contributed by atoms with van der Waals surface area (Å²) in [4.78, 5) is 1.04. The molecule has 8 heteroatoms. The summed E-state index contributed by atoms with van der Waals surface area (Å²) in [5.74, 6) is 0.483. The van der Waals surface area contributed by atoms with Crippen LogP contribution in [0.3, 0.4) is 0 Å². The van der Waals surface area contributed by atoms with Crippen molar-refractivity contribution in [3.05, 3.63) is 34.5 Å². The fraction of sp³-hybridized carbons (Fsp3) is 0.462. The zero-order chi connectivity index (χ0) is 15.3. The van der Waals surface area contributed by atoms with Gasteiger partial charge in [-0.05, 0) is 31.5 Å². The van der Waals surface area contributed by atoms with Gasteiger partial charge in [-0.2, -0.15) is 0 Å². The smallest absolute Gasteiger partial charge is 0.250 e. The van der Waals surface area contributed by atoms with Gasteiger partial charge >= 0.3 is 0 Å². The first-order chi connectivity index (χ1) is 10.0. The van der Waals surface area contributed by atoms with Crippen molar-refractivity contribution in [1.29, 1.82) is 0 Å². The SMILES string of the molecule is CCCNCc1sc(S(=O)(=O)NCc2ccno2)cc1C. The van der Waals surface area contributed by atoms with E-state index in [-0.39, 0.29) is 6.54 Å². The fourth-order valence-corrected chi connectivity index (χ4v) is 4.34. The molecule has 0 fully saturated rings. The zero-order valence-corrected chi connectivity index (χ0v) is 13.7. The van der Waals surface area contributed by atoms with E-state index in [0.29, 0.717) is 16.5 Å². The Hall–Kier alpha value is -1.22. The minimum atomic E-state index is -3.52. The Labute approximate surface area is 128 Å². The molecule has 0 aliphatic heterocycles. The van der Waals surface area contributed by atoms with Crippen molar-refractivity contribution in [2.75, 3.05) is 6.54 Å². The Kier molecular flexibility index (Phi) is 5.51. The first kappa shape index (κ1) is 16.2. The quantitative estimate of drug-likeness (QED) is 0.724. The summed E-state index contributed by atoms with van der Waals surface area (Å²) in [7, 11) is -3.52. The molecule has 0 unspecified atom stereocenters. The van der Waals surface area contributed by atoms with Crippen molar-refractivity contribution in [1.82, 2.24) is 15.2 Å². The molecular formula is C13H19N3O3S2. The van der Waals surface area contributed by atoms with E-state index in [4.69, 9.17) is 4.52 Å². The lowest BCUT2D eigenvalue weighted by molar-refractivity contribution is 0.380. The van der Waals surface area contributed by atoms with Gasteiger partial charge in [-0.1, -0.05) is 12.1 Å². The normalized spacial score (nSPS) is 11.9. The lowest BCUT2D eigenvalue weighted by Crippen LogP contribution is -2.22. The number of hydrogen-bond donors (Lipinski definition) is 2. The van der Waals surface area contributed by atoms with Gasteiger partial charge in [-0.25, -0.2) is 13.1 Å². The molecule has 0 spiro atoms. The average Bonchev–Trinajstić information content (AvgIpc) is 3.07. The van der Waals surface area contributed by atoms with Gasteiger partial charge < -0.3 is 9.84 Å². The summed E-state index contributed by atoms with van der Waals surface area (Å²) in [6.07, 6.45) is 2.53. The van der Waals surface area contributed by atoms with E-state index in [1.165, 1.54) is 17.5 Å². The molecule has 0 atom stereocenters. The van der Waals surface area contributed by atoms with Crippen LogP contribution in [0.5, 0.6) is 0 Å². The van der Waals surface area contributed by atoms with E-state index in [9.17, 15) is 8.42 Å². The largest absolute Gasteiger partial charge is 0.360 e. The van der Waals surface area contributed by atoms with Crippen LogP contribution in [0.1, 0.15) is 29.5 Å². The van der Waals surface area contributed by atoms with Crippen LogP contribution in [0.15, 0.2) is 27.1 Å². The maximum atomic E-state index is 12.2. The summed E-state index contributed by atoms with van der Waals surface area (Å²) >= 11 is 1.29. The van der Waals surface area contributed by atoms with Gasteiger partial charge in [0.1, 0.15) is 4.21 Å². The van der Waals surface area contributed by atoms with Gasteiger partial charge in [0.25, 0.3) is 0 Å². The number of hydrogen-bond acceptors (Lipinski definition) is 6. The first-order valence-electron chi connectivity index (χ1n) is 6.72. The van der Waals surface area contributed by atoms with Crippen molar-refractivity contribution < 1.29 is 12.9 Å². The molecule has 0 aliphatic carbocycles. The van der Waals surface area contributed by atoms with Gasteiger partial charge in [-0.3, -0.25) is 0 Å². The third-order valence-electron chi connectivity index (χ3n) is 2.90. The topological polar surface area (TPSA) is 84.2 Å². The third-order valence-corrected chi connectivity index (χ3v) is 6.01. The number of sulfonamides is 1. The molecule has 0 aliphatic rings. The van der Waals surface area contributed by atoms with E-state index in [1.807, 2.05) is 6.92 Å². The second kappa shape index (κ2) is 7.17. The molecule has 0 saturated carbocycles. The van der Waals surface area contributed by atoms with Gasteiger partial charge in [0, 0.05) is 17.5 Å².